The minimum atomic E-state index is 0.745. The molecule has 14 heavy (non-hydrogen) atoms. The number of nitrogens with zero attached hydrogens (tertiary/aromatic N) is 1. The van der Waals surface area contributed by atoms with Crippen molar-refractivity contribution in [2.45, 2.75) is 39.7 Å². The first-order chi connectivity index (χ1) is 6.76. The van der Waals surface area contributed by atoms with E-state index in [9.17, 15) is 0 Å². The largest absolute Gasteiger partial charge is 0.354 e. The molecule has 2 heteroatoms. The molecule has 0 radical (unpaired) electrons. The summed E-state index contributed by atoms with van der Waals surface area (Å²) in [5.74, 6) is 0.776. The number of aromatic nitrogens is 1. The zero-order valence-corrected chi connectivity index (χ0v) is 9.37. The maximum Gasteiger partial charge on any atom is 0.0245 e. The summed E-state index contributed by atoms with van der Waals surface area (Å²) < 4.78 is 2.28. The highest BCUT2D eigenvalue weighted by Crippen LogP contribution is 2.10. The third-order valence-electron chi connectivity index (χ3n) is 2.55. The van der Waals surface area contributed by atoms with Gasteiger partial charge in [-0.15, -0.1) is 0 Å². The van der Waals surface area contributed by atoms with E-state index in [-0.39, 0.29) is 0 Å². The van der Waals surface area contributed by atoms with Crippen molar-refractivity contribution < 1.29 is 0 Å². The summed E-state index contributed by atoms with van der Waals surface area (Å²) in [6.45, 7) is 6.44. The van der Waals surface area contributed by atoms with Crippen LogP contribution in [0, 0.1) is 5.92 Å². The molecule has 0 spiro atoms. The Labute approximate surface area is 87.1 Å². The van der Waals surface area contributed by atoms with Gasteiger partial charge in [0, 0.05) is 18.9 Å². The van der Waals surface area contributed by atoms with Crippen LogP contribution in [-0.2, 0) is 13.0 Å². The zero-order valence-electron chi connectivity index (χ0n) is 9.37. The monoisotopic (exact) mass is 194 g/mol. The molecule has 2 nitrogen and oxygen atoms in total. The smallest absolute Gasteiger partial charge is 0.0245 e. The van der Waals surface area contributed by atoms with Gasteiger partial charge in [0.1, 0.15) is 0 Å². The summed E-state index contributed by atoms with van der Waals surface area (Å²) in [4.78, 5) is 0. The van der Waals surface area contributed by atoms with Crippen LogP contribution in [0.1, 0.15) is 32.3 Å². The Hall–Kier alpha value is -0.760. The van der Waals surface area contributed by atoms with E-state index < -0.39 is 0 Å². The summed E-state index contributed by atoms with van der Waals surface area (Å²) in [6.07, 6.45) is 7.97. The van der Waals surface area contributed by atoms with Crippen LogP contribution in [0.25, 0.3) is 0 Å². The Balaban J connectivity index is 2.42. The van der Waals surface area contributed by atoms with Gasteiger partial charge in [0.2, 0.25) is 0 Å². The maximum atomic E-state index is 5.51. The second kappa shape index (κ2) is 5.86. The molecule has 1 unspecified atom stereocenters. The van der Waals surface area contributed by atoms with Gasteiger partial charge in [-0.1, -0.05) is 20.3 Å². The van der Waals surface area contributed by atoms with E-state index in [2.05, 4.69) is 36.9 Å². The number of hydrogen-bond acceptors (Lipinski definition) is 1. The standard InChI is InChI=1S/C12H22N2/c1-3-4-11(2)9-14-8-6-12(10-14)5-7-13/h6,8,10-11H,3-5,7,9,13H2,1-2H3. The zero-order chi connectivity index (χ0) is 10.4. The lowest BCUT2D eigenvalue weighted by molar-refractivity contribution is 0.446. The first-order valence-electron chi connectivity index (χ1n) is 5.61. The van der Waals surface area contributed by atoms with Gasteiger partial charge in [-0.3, -0.25) is 0 Å². The molecule has 0 saturated carbocycles. The summed E-state index contributed by atoms with van der Waals surface area (Å²) in [5.41, 5.74) is 6.87. The molecule has 0 saturated heterocycles. The van der Waals surface area contributed by atoms with E-state index in [1.54, 1.807) is 0 Å². The molecular weight excluding hydrogens is 172 g/mol. The Morgan fingerprint density at radius 3 is 2.93 bits per heavy atom. The molecule has 1 atom stereocenters. The molecule has 1 aromatic rings. The van der Waals surface area contributed by atoms with Crippen molar-refractivity contribution in [1.29, 1.82) is 0 Å². The lowest BCUT2D eigenvalue weighted by Crippen LogP contribution is -2.05. The van der Waals surface area contributed by atoms with Crippen LogP contribution in [0.15, 0.2) is 18.5 Å². The van der Waals surface area contributed by atoms with Crippen LogP contribution in [0.4, 0.5) is 0 Å². The van der Waals surface area contributed by atoms with Crippen molar-refractivity contribution in [2.24, 2.45) is 11.7 Å². The van der Waals surface area contributed by atoms with Gasteiger partial charge in [-0.25, -0.2) is 0 Å². The highest BCUT2D eigenvalue weighted by atomic mass is 14.9. The topological polar surface area (TPSA) is 30.9 Å². The highest BCUT2D eigenvalue weighted by molar-refractivity contribution is 5.10. The third-order valence-corrected chi connectivity index (χ3v) is 2.55. The van der Waals surface area contributed by atoms with Gasteiger partial charge in [-0.2, -0.15) is 0 Å². The summed E-state index contributed by atoms with van der Waals surface area (Å²) >= 11 is 0. The molecule has 1 aromatic heterocycles. The van der Waals surface area contributed by atoms with Crippen molar-refractivity contribution in [3.8, 4) is 0 Å². The number of rotatable bonds is 6. The van der Waals surface area contributed by atoms with Gasteiger partial charge < -0.3 is 10.3 Å². The molecule has 0 aliphatic heterocycles. The Bertz CT molecular complexity index is 253. The van der Waals surface area contributed by atoms with Crippen molar-refractivity contribution in [2.75, 3.05) is 6.54 Å². The molecule has 0 bridgehead atoms. The van der Waals surface area contributed by atoms with E-state index in [0.29, 0.717) is 0 Å². The molecule has 2 N–H and O–H groups in total. The van der Waals surface area contributed by atoms with E-state index in [0.717, 1.165) is 25.4 Å². The summed E-state index contributed by atoms with van der Waals surface area (Å²) in [7, 11) is 0. The average Bonchev–Trinajstić information content (AvgIpc) is 2.53. The Morgan fingerprint density at radius 2 is 2.29 bits per heavy atom. The fourth-order valence-electron chi connectivity index (χ4n) is 1.86. The Morgan fingerprint density at radius 1 is 1.50 bits per heavy atom. The molecule has 1 heterocycles. The number of hydrogen-bond donors (Lipinski definition) is 1. The fraction of sp³-hybridized carbons (Fsp3) is 0.667. The van der Waals surface area contributed by atoms with Crippen LogP contribution in [0.5, 0.6) is 0 Å². The summed E-state index contributed by atoms with van der Waals surface area (Å²) in [5, 5.41) is 0. The fourth-order valence-corrected chi connectivity index (χ4v) is 1.86. The van der Waals surface area contributed by atoms with E-state index in [1.165, 1.54) is 18.4 Å². The molecule has 0 aliphatic rings. The van der Waals surface area contributed by atoms with Gasteiger partial charge in [0.15, 0.2) is 0 Å². The second-order valence-corrected chi connectivity index (χ2v) is 4.15. The Kier molecular flexibility index (Phi) is 4.74. The van der Waals surface area contributed by atoms with Crippen LogP contribution >= 0.6 is 0 Å². The van der Waals surface area contributed by atoms with Gasteiger partial charge >= 0.3 is 0 Å². The average molecular weight is 194 g/mol. The second-order valence-electron chi connectivity index (χ2n) is 4.15. The van der Waals surface area contributed by atoms with Crippen LogP contribution in [0.3, 0.4) is 0 Å². The van der Waals surface area contributed by atoms with Crippen LogP contribution in [0.2, 0.25) is 0 Å². The first-order valence-corrected chi connectivity index (χ1v) is 5.61. The highest BCUT2D eigenvalue weighted by Gasteiger charge is 2.02. The van der Waals surface area contributed by atoms with Crippen molar-refractivity contribution in [3.05, 3.63) is 24.0 Å². The predicted molar refractivity (Wildman–Crippen MR) is 61.3 cm³/mol. The molecule has 0 fully saturated rings. The van der Waals surface area contributed by atoms with Crippen LogP contribution < -0.4 is 5.73 Å². The molecule has 0 aromatic carbocycles. The molecule has 80 valence electrons. The van der Waals surface area contributed by atoms with E-state index in [1.807, 2.05) is 0 Å². The lowest BCUT2D eigenvalue weighted by atomic mass is 10.1. The van der Waals surface area contributed by atoms with E-state index in [4.69, 9.17) is 5.73 Å². The van der Waals surface area contributed by atoms with Crippen molar-refractivity contribution in [1.82, 2.24) is 4.57 Å². The van der Waals surface area contributed by atoms with Crippen molar-refractivity contribution in [3.63, 3.8) is 0 Å². The quantitative estimate of drug-likeness (QED) is 0.741. The molecular formula is C12H22N2. The minimum Gasteiger partial charge on any atom is -0.354 e. The molecule has 0 aliphatic carbocycles. The van der Waals surface area contributed by atoms with E-state index >= 15 is 0 Å². The van der Waals surface area contributed by atoms with Crippen LogP contribution in [-0.4, -0.2) is 11.1 Å². The van der Waals surface area contributed by atoms with Gasteiger partial charge in [-0.05, 0) is 36.9 Å². The lowest BCUT2D eigenvalue weighted by Gasteiger charge is -2.10. The maximum absolute atomic E-state index is 5.51. The van der Waals surface area contributed by atoms with Gasteiger partial charge in [0.25, 0.3) is 0 Å². The predicted octanol–water partition coefficient (Wildman–Crippen LogP) is 2.43. The minimum absolute atomic E-state index is 0.745. The molecule has 0 amide bonds. The SMILES string of the molecule is CCCC(C)Cn1ccc(CCN)c1. The van der Waals surface area contributed by atoms with Gasteiger partial charge in [0.05, 0.1) is 0 Å². The van der Waals surface area contributed by atoms with Crippen molar-refractivity contribution >= 4 is 0 Å². The normalized spacial score (nSPS) is 13.1. The first kappa shape index (κ1) is 11.3. The summed E-state index contributed by atoms with van der Waals surface area (Å²) in [6, 6.07) is 2.17. The molecule has 1 rings (SSSR count). The third kappa shape index (κ3) is 3.54. The number of nitrogens with two attached hydrogens (primary N) is 1.